The molecule has 3 nitrogen and oxygen atoms in total. The molecule has 0 saturated heterocycles. The Morgan fingerprint density at radius 3 is 2.71 bits per heavy atom. The van der Waals surface area contributed by atoms with Crippen LogP contribution in [0, 0.1) is 5.92 Å². The molecule has 1 heterocycles. The molecule has 0 amide bonds. The first-order valence-electron chi connectivity index (χ1n) is 8.53. The maximum atomic E-state index is 6.04. The van der Waals surface area contributed by atoms with Crippen molar-refractivity contribution < 1.29 is 4.74 Å². The van der Waals surface area contributed by atoms with Crippen molar-refractivity contribution >= 4 is 0 Å². The Bertz CT molecular complexity index is 381. The lowest BCUT2D eigenvalue weighted by atomic mass is 10.0. The minimum Gasteiger partial charge on any atom is -0.477 e. The van der Waals surface area contributed by atoms with Gasteiger partial charge < -0.3 is 10.1 Å². The lowest BCUT2D eigenvalue weighted by molar-refractivity contribution is 0.222. The minimum atomic E-state index is 0.282. The summed E-state index contributed by atoms with van der Waals surface area (Å²) in [7, 11) is 0. The van der Waals surface area contributed by atoms with E-state index in [2.05, 4.69) is 44.1 Å². The average molecular weight is 292 g/mol. The molecule has 0 aliphatic heterocycles. The summed E-state index contributed by atoms with van der Waals surface area (Å²) < 4.78 is 6.04. The Morgan fingerprint density at radius 2 is 2.05 bits per heavy atom. The van der Waals surface area contributed by atoms with Gasteiger partial charge in [0.05, 0.1) is 6.61 Å². The van der Waals surface area contributed by atoms with Gasteiger partial charge in [0.2, 0.25) is 5.88 Å². The molecule has 0 bridgehead atoms. The zero-order valence-corrected chi connectivity index (χ0v) is 14.2. The van der Waals surface area contributed by atoms with Crippen molar-refractivity contribution in [2.45, 2.75) is 65.8 Å². The highest BCUT2D eigenvalue weighted by atomic mass is 16.5. The Balaban J connectivity index is 2.61. The van der Waals surface area contributed by atoms with Gasteiger partial charge in [0.25, 0.3) is 0 Å². The quantitative estimate of drug-likeness (QED) is 0.640. The van der Waals surface area contributed by atoms with E-state index in [9.17, 15) is 0 Å². The van der Waals surface area contributed by atoms with E-state index in [4.69, 9.17) is 4.74 Å². The number of nitrogens with one attached hydrogen (secondary N) is 1. The standard InChI is InChI=1S/C18H32N2O/c1-5-8-10-16(7-3)14-21-18-17(11-9-13-20-18)15(4)19-12-6-2/h9,11,13,15-16,19H,5-8,10,12,14H2,1-4H3. The Kier molecular flexibility index (Phi) is 9.07. The number of unbranched alkanes of at least 4 members (excludes halogenated alkanes) is 1. The smallest absolute Gasteiger partial charge is 0.218 e. The van der Waals surface area contributed by atoms with Crippen LogP contribution in [0.25, 0.3) is 0 Å². The molecule has 0 radical (unpaired) electrons. The van der Waals surface area contributed by atoms with Gasteiger partial charge in [0.1, 0.15) is 0 Å². The molecule has 1 aromatic rings. The van der Waals surface area contributed by atoms with Crippen molar-refractivity contribution in [1.29, 1.82) is 0 Å². The van der Waals surface area contributed by atoms with E-state index >= 15 is 0 Å². The second-order valence-corrected chi connectivity index (χ2v) is 5.80. The monoisotopic (exact) mass is 292 g/mol. The summed E-state index contributed by atoms with van der Waals surface area (Å²) in [5.74, 6) is 1.43. The lowest BCUT2D eigenvalue weighted by Gasteiger charge is -2.19. The number of ether oxygens (including phenoxy) is 1. The van der Waals surface area contributed by atoms with Crippen LogP contribution in [0.4, 0.5) is 0 Å². The fourth-order valence-corrected chi connectivity index (χ4v) is 2.42. The summed E-state index contributed by atoms with van der Waals surface area (Å²) in [6.45, 7) is 10.6. The van der Waals surface area contributed by atoms with E-state index in [-0.39, 0.29) is 6.04 Å². The molecule has 21 heavy (non-hydrogen) atoms. The second kappa shape index (κ2) is 10.6. The van der Waals surface area contributed by atoms with Crippen molar-refractivity contribution in [3.05, 3.63) is 23.9 Å². The van der Waals surface area contributed by atoms with E-state index in [0.29, 0.717) is 5.92 Å². The Labute approximate surface area is 130 Å². The first kappa shape index (κ1) is 18.0. The molecule has 1 rings (SSSR count). The molecule has 2 unspecified atom stereocenters. The predicted molar refractivity (Wildman–Crippen MR) is 89.7 cm³/mol. The van der Waals surface area contributed by atoms with Gasteiger partial charge in [-0.05, 0) is 38.3 Å². The van der Waals surface area contributed by atoms with Gasteiger partial charge >= 0.3 is 0 Å². The summed E-state index contributed by atoms with van der Waals surface area (Å²) in [6.07, 6.45) is 7.91. The summed E-state index contributed by atoms with van der Waals surface area (Å²) in [6, 6.07) is 4.38. The van der Waals surface area contributed by atoms with Crippen molar-refractivity contribution in [3.8, 4) is 5.88 Å². The number of hydrogen-bond donors (Lipinski definition) is 1. The van der Waals surface area contributed by atoms with Crippen LogP contribution < -0.4 is 10.1 Å². The van der Waals surface area contributed by atoms with Gasteiger partial charge in [-0.3, -0.25) is 0 Å². The van der Waals surface area contributed by atoms with Crippen molar-refractivity contribution in [2.75, 3.05) is 13.2 Å². The van der Waals surface area contributed by atoms with Gasteiger partial charge in [-0.1, -0.05) is 46.1 Å². The third-order valence-corrected chi connectivity index (χ3v) is 3.97. The third-order valence-electron chi connectivity index (χ3n) is 3.97. The van der Waals surface area contributed by atoms with Gasteiger partial charge in [-0.15, -0.1) is 0 Å². The maximum absolute atomic E-state index is 6.04. The molecule has 2 atom stereocenters. The van der Waals surface area contributed by atoms with E-state index < -0.39 is 0 Å². The average Bonchev–Trinajstić information content (AvgIpc) is 2.53. The minimum absolute atomic E-state index is 0.282. The van der Waals surface area contributed by atoms with Crippen molar-refractivity contribution in [2.24, 2.45) is 5.92 Å². The molecule has 0 aliphatic rings. The summed E-state index contributed by atoms with van der Waals surface area (Å²) in [4.78, 5) is 4.43. The van der Waals surface area contributed by atoms with Crippen LogP contribution in [0.1, 0.15) is 71.4 Å². The van der Waals surface area contributed by atoms with E-state index in [0.717, 1.165) is 31.0 Å². The van der Waals surface area contributed by atoms with Crippen LogP contribution in [0.15, 0.2) is 18.3 Å². The number of aromatic nitrogens is 1. The first-order valence-corrected chi connectivity index (χ1v) is 8.53. The first-order chi connectivity index (χ1) is 10.2. The van der Waals surface area contributed by atoms with E-state index in [1.54, 1.807) is 0 Å². The highest BCUT2D eigenvalue weighted by Gasteiger charge is 2.14. The highest BCUT2D eigenvalue weighted by Crippen LogP contribution is 2.23. The number of hydrogen-bond acceptors (Lipinski definition) is 3. The summed E-state index contributed by atoms with van der Waals surface area (Å²) in [5.41, 5.74) is 1.16. The molecular weight excluding hydrogens is 260 g/mol. The van der Waals surface area contributed by atoms with Crippen LogP contribution in [-0.2, 0) is 0 Å². The van der Waals surface area contributed by atoms with Crippen LogP contribution in [0.5, 0.6) is 5.88 Å². The second-order valence-electron chi connectivity index (χ2n) is 5.80. The molecule has 0 spiro atoms. The fourth-order valence-electron chi connectivity index (χ4n) is 2.42. The molecule has 0 aliphatic carbocycles. The molecule has 120 valence electrons. The summed E-state index contributed by atoms with van der Waals surface area (Å²) >= 11 is 0. The maximum Gasteiger partial charge on any atom is 0.218 e. The van der Waals surface area contributed by atoms with Crippen molar-refractivity contribution in [3.63, 3.8) is 0 Å². The van der Waals surface area contributed by atoms with E-state index in [1.807, 2.05) is 12.3 Å². The molecule has 0 fully saturated rings. The van der Waals surface area contributed by atoms with Crippen molar-refractivity contribution in [1.82, 2.24) is 10.3 Å². The van der Waals surface area contributed by atoms with Crippen LogP contribution in [-0.4, -0.2) is 18.1 Å². The largest absolute Gasteiger partial charge is 0.477 e. The van der Waals surface area contributed by atoms with Crippen LogP contribution >= 0.6 is 0 Å². The number of nitrogens with zero attached hydrogens (tertiary/aromatic N) is 1. The van der Waals surface area contributed by atoms with Crippen LogP contribution in [0.2, 0.25) is 0 Å². The Hall–Kier alpha value is -1.09. The lowest BCUT2D eigenvalue weighted by Crippen LogP contribution is -2.21. The zero-order chi connectivity index (χ0) is 15.5. The molecular formula is C18H32N2O. The highest BCUT2D eigenvalue weighted by molar-refractivity contribution is 5.28. The van der Waals surface area contributed by atoms with Crippen LogP contribution in [0.3, 0.4) is 0 Å². The summed E-state index contributed by atoms with van der Waals surface area (Å²) in [5, 5.41) is 3.50. The predicted octanol–water partition coefficient (Wildman–Crippen LogP) is 4.74. The van der Waals surface area contributed by atoms with E-state index in [1.165, 1.54) is 25.7 Å². The Morgan fingerprint density at radius 1 is 1.24 bits per heavy atom. The van der Waals surface area contributed by atoms with Gasteiger partial charge in [0.15, 0.2) is 0 Å². The van der Waals surface area contributed by atoms with Gasteiger partial charge in [-0.2, -0.15) is 0 Å². The molecule has 0 saturated carbocycles. The molecule has 1 N–H and O–H groups in total. The number of rotatable bonds is 11. The number of pyridine rings is 1. The normalized spacial score (nSPS) is 13.9. The molecule has 1 aromatic heterocycles. The van der Waals surface area contributed by atoms with Gasteiger partial charge in [0, 0.05) is 17.8 Å². The topological polar surface area (TPSA) is 34.1 Å². The SMILES string of the molecule is CCCCC(CC)COc1ncccc1C(C)NCCC. The zero-order valence-electron chi connectivity index (χ0n) is 14.2. The third kappa shape index (κ3) is 6.47. The fraction of sp³-hybridized carbons (Fsp3) is 0.722. The molecule has 0 aromatic carbocycles. The van der Waals surface area contributed by atoms with Gasteiger partial charge in [-0.25, -0.2) is 4.98 Å². The molecule has 3 heteroatoms.